The molecule has 0 aliphatic carbocycles. The molecule has 2 heterocycles. The number of nitrogens with zero attached hydrogens (tertiary/aromatic N) is 2. The van der Waals surface area contributed by atoms with Gasteiger partial charge in [-0.05, 0) is 38.1 Å². The summed E-state index contributed by atoms with van der Waals surface area (Å²) in [5.41, 5.74) is 2.25. The summed E-state index contributed by atoms with van der Waals surface area (Å²) in [7, 11) is 0. The molecular formula is C14H17N3O2. The number of hydrogen-bond donors (Lipinski definition) is 2. The van der Waals surface area contributed by atoms with E-state index in [2.05, 4.69) is 15.3 Å². The van der Waals surface area contributed by atoms with Gasteiger partial charge in [-0.15, -0.1) is 0 Å². The van der Waals surface area contributed by atoms with Crippen LogP contribution in [0.3, 0.4) is 0 Å². The van der Waals surface area contributed by atoms with Crippen molar-refractivity contribution in [1.82, 2.24) is 9.97 Å². The Bertz CT molecular complexity index is 558. The number of hydrogen-bond acceptors (Lipinski definition) is 5. The molecule has 100 valence electrons. The van der Waals surface area contributed by atoms with Crippen molar-refractivity contribution in [1.29, 1.82) is 0 Å². The highest BCUT2D eigenvalue weighted by Gasteiger charge is 2.06. The summed E-state index contributed by atoms with van der Waals surface area (Å²) in [4.78, 5) is 8.44. The third-order valence-corrected chi connectivity index (χ3v) is 2.59. The molecule has 0 spiro atoms. The lowest BCUT2D eigenvalue weighted by Gasteiger charge is -2.11. The molecule has 5 nitrogen and oxygen atoms in total. The number of aryl methyl sites for hydroxylation is 1. The minimum Gasteiger partial charge on any atom is -0.506 e. The summed E-state index contributed by atoms with van der Waals surface area (Å²) in [5.74, 6) is 0.733. The van der Waals surface area contributed by atoms with Crippen molar-refractivity contribution in [3.05, 3.63) is 41.9 Å². The Labute approximate surface area is 112 Å². The maximum absolute atomic E-state index is 9.74. The first-order chi connectivity index (χ1) is 9.20. The molecule has 5 heteroatoms. The Hall–Kier alpha value is -2.30. The second-order valence-corrected chi connectivity index (χ2v) is 4.06. The van der Waals surface area contributed by atoms with Gasteiger partial charge in [0.1, 0.15) is 11.4 Å². The van der Waals surface area contributed by atoms with Crippen molar-refractivity contribution in [3.8, 4) is 11.6 Å². The zero-order valence-electron chi connectivity index (χ0n) is 11.1. The van der Waals surface area contributed by atoms with Crippen LogP contribution >= 0.6 is 0 Å². The van der Waals surface area contributed by atoms with E-state index in [9.17, 15) is 5.11 Å². The molecule has 2 N–H and O–H groups in total. The van der Waals surface area contributed by atoms with Gasteiger partial charge in [0.2, 0.25) is 5.88 Å². The Kier molecular flexibility index (Phi) is 4.18. The van der Waals surface area contributed by atoms with Crippen molar-refractivity contribution in [2.45, 2.75) is 20.4 Å². The smallest absolute Gasteiger partial charge is 0.237 e. The van der Waals surface area contributed by atoms with Crippen molar-refractivity contribution < 1.29 is 9.84 Å². The first-order valence-corrected chi connectivity index (χ1v) is 6.18. The minimum atomic E-state index is 0.181. The fourth-order valence-electron chi connectivity index (χ4n) is 1.69. The van der Waals surface area contributed by atoms with Gasteiger partial charge in [0, 0.05) is 11.9 Å². The fourth-order valence-corrected chi connectivity index (χ4v) is 1.69. The standard InChI is InChI=1S/C14H17N3O2/c1-3-19-14-11(5-4-8-15-14)16-9-12-13(18)7-6-10(2)17-12/h4-8,16,18H,3,9H2,1-2H3. The molecule has 19 heavy (non-hydrogen) atoms. The molecule has 0 aromatic carbocycles. The van der Waals surface area contributed by atoms with E-state index in [4.69, 9.17) is 4.74 Å². The number of aromatic hydroxyl groups is 1. The molecule has 2 aromatic rings. The number of rotatable bonds is 5. The van der Waals surface area contributed by atoms with Crippen molar-refractivity contribution in [2.24, 2.45) is 0 Å². The Morgan fingerprint density at radius 2 is 2.16 bits per heavy atom. The van der Waals surface area contributed by atoms with Gasteiger partial charge in [0.25, 0.3) is 0 Å². The maximum atomic E-state index is 9.74. The second kappa shape index (κ2) is 6.04. The zero-order chi connectivity index (χ0) is 13.7. The predicted octanol–water partition coefficient (Wildman–Crippen LogP) is 2.50. The van der Waals surface area contributed by atoms with E-state index >= 15 is 0 Å². The molecule has 0 saturated carbocycles. The number of nitrogens with one attached hydrogen (secondary N) is 1. The highest BCUT2D eigenvalue weighted by atomic mass is 16.5. The summed E-state index contributed by atoms with van der Waals surface area (Å²) in [5, 5.41) is 12.9. The van der Waals surface area contributed by atoms with Crippen LogP contribution in [0, 0.1) is 6.92 Å². The van der Waals surface area contributed by atoms with E-state index in [0.717, 1.165) is 11.4 Å². The molecule has 0 aliphatic heterocycles. The number of anilines is 1. The highest BCUT2D eigenvalue weighted by Crippen LogP contribution is 2.22. The van der Waals surface area contributed by atoms with Crippen molar-refractivity contribution in [3.63, 3.8) is 0 Å². The second-order valence-electron chi connectivity index (χ2n) is 4.06. The molecule has 0 radical (unpaired) electrons. The third kappa shape index (κ3) is 3.34. The summed E-state index contributed by atoms with van der Waals surface area (Å²) >= 11 is 0. The average Bonchev–Trinajstić information content (AvgIpc) is 2.42. The number of aromatic nitrogens is 2. The highest BCUT2D eigenvalue weighted by molar-refractivity contribution is 5.52. The van der Waals surface area contributed by atoms with Crippen LogP contribution in [0.1, 0.15) is 18.3 Å². The summed E-state index contributed by atoms with van der Waals surface area (Å²) in [6.07, 6.45) is 1.68. The van der Waals surface area contributed by atoms with Crippen LogP contribution in [0.5, 0.6) is 11.6 Å². The first kappa shape index (κ1) is 13.1. The van der Waals surface area contributed by atoms with Crippen LogP contribution in [0.15, 0.2) is 30.5 Å². The van der Waals surface area contributed by atoms with Crippen LogP contribution in [-0.2, 0) is 6.54 Å². The summed E-state index contributed by atoms with van der Waals surface area (Å²) in [6, 6.07) is 7.12. The molecule has 2 rings (SSSR count). The molecule has 2 aromatic heterocycles. The zero-order valence-corrected chi connectivity index (χ0v) is 11.1. The maximum Gasteiger partial charge on any atom is 0.237 e. The SMILES string of the molecule is CCOc1ncccc1NCc1nc(C)ccc1O. The van der Waals surface area contributed by atoms with Gasteiger partial charge in [-0.2, -0.15) is 0 Å². The molecule has 0 unspecified atom stereocenters. The van der Waals surface area contributed by atoms with Crippen LogP contribution in [0.25, 0.3) is 0 Å². The van der Waals surface area contributed by atoms with Crippen LogP contribution in [-0.4, -0.2) is 21.7 Å². The normalized spacial score (nSPS) is 10.2. The van der Waals surface area contributed by atoms with Crippen LogP contribution in [0.2, 0.25) is 0 Å². The molecule has 0 bridgehead atoms. The lowest BCUT2D eigenvalue weighted by Crippen LogP contribution is -2.05. The van der Waals surface area contributed by atoms with E-state index in [1.54, 1.807) is 18.3 Å². The molecule has 0 aliphatic rings. The lowest BCUT2D eigenvalue weighted by molar-refractivity contribution is 0.328. The fraction of sp³-hybridized carbons (Fsp3) is 0.286. The average molecular weight is 259 g/mol. The molecule has 0 atom stereocenters. The first-order valence-electron chi connectivity index (χ1n) is 6.18. The van der Waals surface area contributed by atoms with Crippen LogP contribution in [0.4, 0.5) is 5.69 Å². The molecule has 0 fully saturated rings. The Morgan fingerprint density at radius 1 is 1.32 bits per heavy atom. The van der Waals surface area contributed by atoms with Gasteiger partial charge in [-0.3, -0.25) is 4.98 Å². The van der Waals surface area contributed by atoms with Crippen molar-refractivity contribution in [2.75, 3.05) is 11.9 Å². The van der Waals surface area contributed by atoms with Gasteiger partial charge >= 0.3 is 0 Å². The van der Waals surface area contributed by atoms with Gasteiger partial charge in [-0.1, -0.05) is 0 Å². The number of ether oxygens (including phenoxy) is 1. The van der Waals surface area contributed by atoms with E-state index in [-0.39, 0.29) is 5.75 Å². The topological polar surface area (TPSA) is 67.3 Å². The minimum absolute atomic E-state index is 0.181. The van der Waals surface area contributed by atoms with Gasteiger partial charge < -0.3 is 15.2 Å². The van der Waals surface area contributed by atoms with Gasteiger partial charge in [-0.25, -0.2) is 4.98 Å². The summed E-state index contributed by atoms with van der Waals surface area (Å²) in [6.45, 7) is 4.77. The quantitative estimate of drug-likeness (QED) is 0.863. The Balaban J connectivity index is 2.12. The molecule has 0 amide bonds. The van der Waals surface area contributed by atoms with E-state index in [0.29, 0.717) is 24.7 Å². The van der Waals surface area contributed by atoms with Gasteiger partial charge in [0.15, 0.2) is 0 Å². The van der Waals surface area contributed by atoms with E-state index < -0.39 is 0 Å². The Morgan fingerprint density at radius 3 is 2.95 bits per heavy atom. The van der Waals surface area contributed by atoms with E-state index in [1.165, 1.54) is 0 Å². The monoisotopic (exact) mass is 259 g/mol. The van der Waals surface area contributed by atoms with Crippen molar-refractivity contribution >= 4 is 5.69 Å². The molecular weight excluding hydrogens is 242 g/mol. The predicted molar refractivity (Wildman–Crippen MR) is 73.4 cm³/mol. The lowest BCUT2D eigenvalue weighted by atomic mass is 10.2. The van der Waals surface area contributed by atoms with Gasteiger partial charge in [0.05, 0.1) is 18.8 Å². The largest absolute Gasteiger partial charge is 0.506 e. The summed E-state index contributed by atoms with van der Waals surface area (Å²) < 4.78 is 5.42. The van der Waals surface area contributed by atoms with E-state index in [1.807, 2.05) is 26.0 Å². The van der Waals surface area contributed by atoms with Crippen LogP contribution < -0.4 is 10.1 Å². The third-order valence-electron chi connectivity index (χ3n) is 2.59. The molecule has 0 saturated heterocycles. The number of pyridine rings is 2.